The molecule has 4 rings (SSSR count). The number of benzene rings is 1. The van der Waals surface area contributed by atoms with Gasteiger partial charge >= 0.3 is 0 Å². The Hall–Kier alpha value is -1.99. The number of rotatable bonds is 9. The minimum atomic E-state index is -0.0356. The van der Waals surface area contributed by atoms with E-state index in [9.17, 15) is 0 Å². The molecule has 0 saturated carbocycles. The summed E-state index contributed by atoms with van der Waals surface area (Å²) in [7, 11) is 1.66. The Balaban J connectivity index is 1.17. The molecule has 31 heavy (non-hydrogen) atoms. The van der Waals surface area contributed by atoms with E-state index < -0.39 is 0 Å². The Morgan fingerprint density at radius 3 is 2.71 bits per heavy atom. The highest BCUT2D eigenvalue weighted by Gasteiger charge is 2.40. The first-order valence-electron chi connectivity index (χ1n) is 11.3. The minimum absolute atomic E-state index is 0.0356. The van der Waals surface area contributed by atoms with Crippen LogP contribution in [0.4, 0.5) is 0 Å². The number of piperidine rings is 1. The summed E-state index contributed by atoms with van der Waals surface area (Å²) in [6.45, 7) is 5.58. The molecule has 2 aliphatic rings. The van der Waals surface area contributed by atoms with Crippen LogP contribution in [-0.4, -0.2) is 61.6 Å². The van der Waals surface area contributed by atoms with Crippen molar-refractivity contribution in [1.82, 2.24) is 9.88 Å². The van der Waals surface area contributed by atoms with Crippen LogP contribution in [0.3, 0.4) is 0 Å². The topological polar surface area (TPSA) is 53.1 Å². The predicted molar refractivity (Wildman–Crippen MR) is 119 cm³/mol. The van der Waals surface area contributed by atoms with Crippen molar-refractivity contribution in [3.8, 4) is 5.88 Å². The van der Waals surface area contributed by atoms with E-state index in [4.69, 9.17) is 18.9 Å². The molecule has 2 aliphatic heterocycles. The van der Waals surface area contributed by atoms with E-state index in [1.807, 2.05) is 30.3 Å². The number of hydrogen-bond donors (Lipinski definition) is 0. The maximum Gasteiger partial charge on any atom is 0.213 e. The second-order valence-electron chi connectivity index (χ2n) is 8.50. The van der Waals surface area contributed by atoms with Crippen LogP contribution in [0.1, 0.15) is 36.9 Å². The summed E-state index contributed by atoms with van der Waals surface area (Å²) in [6, 6.07) is 16.2. The smallest absolute Gasteiger partial charge is 0.213 e. The molecule has 1 unspecified atom stereocenters. The van der Waals surface area contributed by atoms with Gasteiger partial charge in [-0.1, -0.05) is 36.4 Å². The lowest BCUT2D eigenvalue weighted by molar-refractivity contribution is -0.158. The van der Waals surface area contributed by atoms with Gasteiger partial charge in [-0.2, -0.15) is 0 Å². The zero-order valence-corrected chi connectivity index (χ0v) is 18.5. The Labute approximate surface area is 185 Å². The second-order valence-corrected chi connectivity index (χ2v) is 8.50. The summed E-state index contributed by atoms with van der Waals surface area (Å²) >= 11 is 0. The van der Waals surface area contributed by atoms with Crippen LogP contribution in [0.5, 0.6) is 5.88 Å². The van der Waals surface area contributed by atoms with Crippen molar-refractivity contribution in [2.75, 3.05) is 40.0 Å². The number of methoxy groups -OCH3 is 1. The number of hydrogen-bond acceptors (Lipinski definition) is 6. The summed E-state index contributed by atoms with van der Waals surface area (Å²) < 4.78 is 23.4. The Bertz CT molecular complexity index is 793. The molecule has 0 radical (unpaired) electrons. The van der Waals surface area contributed by atoms with Crippen LogP contribution in [0.15, 0.2) is 48.5 Å². The highest BCUT2D eigenvalue weighted by Crippen LogP contribution is 2.36. The molecule has 6 heteroatoms. The molecule has 0 aliphatic carbocycles. The average Bonchev–Trinajstić information content (AvgIpc) is 2.82. The van der Waals surface area contributed by atoms with E-state index in [-0.39, 0.29) is 11.7 Å². The summed E-state index contributed by atoms with van der Waals surface area (Å²) in [5, 5.41) is 0. The number of likely N-dealkylation sites (tertiary alicyclic amines) is 1. The van der Waals surface area contributed by atoms with Crippen molar-refractivity contribution in [2.24, 2.45) is 0 Å². The van der Waals surface area contributed by atoms with Gasteiger partial charge in [-0.05, 0) is 30.9 Å². The standard InChI is InChI=1S/C25H34N2O4/c1-28-24-9-5-8-22(26-24)19-27-13-11-25(12-14-27)18-23(10-15-31-25)30-17-16-29-20-21-6-3-2-4-7-21/h2-9,23H,10-20H2,1H3. The van der Waals surface area contributed by atoms with Crippen LogP contribution in [-0.2, 0) is 27.4 Å². The zero-order chi connectivity index (χ0) is 21.4. The molecule has 1 spiro atoms. The number of aromatic nitrogens is 1. The van der Waals surface area contributed by atoms with Gasteiger partial charge in [-0.3, -0.25) is 4.90 Å². The SMILES string of the molecule is COc1cccc(CN2CCC3(CC2)CC(OCCOCc2ccccc2)CCO3)n1. The highest BCUT2D eigenvalue weighted by molar-refractivity contribution is 5.16. The molecule has 0 bridgehead atoms. The fourth-order valence-electron chi connectivity index (χ4n) is 4.52. The van der Waals surface area contributed by atoms with Crippen molar-refractivity contribution in [3.63, 3.8) is 0 Å². The molecular formula is C25H34N2O4. The molecule has 1 atom stereocenters. The number of nitrogens with zero attached hydrogens (tertiary/aromatic N) is 2. The van der Waals surface area contributed by atoms with Crippen molar-refractivity contribution in [2.45, 2.75) is 50.5 Å². The zero-order valence-electron chi connectivity index (χ0n) is 18.5. The largest absolute Gasteiger partial charge is 0.481 e. The molecule has 0 N–H and O–H groups in total. The van der Waals surface area contributed by atoms with Crippen molar-refractivity contribution < 1.29 is 18.9 Å². The molecule has 2 saturated heterocycles. The van der Waals surface area contributed by atoms with E-state index >= 15 is 0 Å². The average molecular weight is 427 g/mol. The van der Waals surface area contributed by atoms with E-state index in [1.165, 1.54) is 5.56 Å². The van der Waals surface area contributed by atoms with E-state index in [2.05, 4.69) is 28.1 Å². The monoisotopic (exact) mass is 426 g/mol. The molecular weight excluding hydrogens is 392 g/mol. The first kappa shape index (κ1) is 22.2. The Morgan fingerprint density at radius 1 is 1.06 bits per heavy atom. The summed E-state index contributed by atoms with van der Waals surface area (Å²) in [5.41, 5.74) is 2.21. The third-order valence-electron chi connectivity index (χ3n) is 6.28. The second kappa shape index (κ2) is 11.0. The van der Waals surface area contributed by atoms with Gasteiger partial charge in [0.2, 0.25) is 5.88 Å². The van der Waals surface area contributed by atoms with Crippen molar-refractivity contribution in [1.29, 1.82) is 0 Å². The van der Waals surface area contributed by atoms with Gasteiger partial charge < -0.3 is 18.9 Å². The van der Waals surface area contributed by atoms with Crippen LogP contribution in [0, 0.1) is 0 Å². The maximum atomic E-state index is 6.28. The summed E-state index contributed by atoms with van der Waals surface area (Å²) in [4.78, 5) is 7.00. The van der Waals surface area contributed by atoms with Gasteiger partial charge in [-0.15, -0.1) is 0 Å². The van der Waals surface area contributed by atoms with Crippen molar-refractivity contribution in [3.05, 3.63) is 59.8 Å². The Kier molecular flexibility index (Phi) is 7.92. The van der Waals surface area contributed by atoms with Gasteiger partial charge in [0, 0.05) is 38.7 Å². The lowest BCUT2D eigenvalue weighted by Crippen LogP contribution is -2.50. The normalized spacial score (nSPS) is 21.3. The molecule has 2 fully saturated rings. The van der Waals surface area contributed by atoms with E-state index in [1.54, 1.807) is 7.11 Å². The van der Waals surface area contributed by atoms with Gasteiger partial charge in [0.05, 0.1) is 44.3 Å². The molecule has 168 valence electrons. The van der Waals surface area contributed by atoms with Crippen LogP contribution in [0.25, 0.3) is 0 Å². The molecule has 3 heterocycles. The lowest BCUT2D eigenvalue weighted by Gasteiger charge is -2.46. The third-order valence-corrected chi connectivity index (χ3v) is 6.28. The number of pyridine rings is 1. The summed E-state index contributed by atoms with van der Waals surface area (Å²) in [5.74, 6) is 0.675. The lowest BCUT2D eigenvalue weighted by atomic mass is 9.83. The van der Waals surface area contributed by atoms with Gasteiger partial charge in [0.15, 0.2) is 0 Å². The van der Waals surface area contributed by atoms with Crippen LogP contribution in [0.2, 0.25) is 0 Å². The van der Waals surface area contributed by atoms with Crippen LogP contribution < -0.4 is 4.74 Å². The molecule has 2 aromatic rings. The maximum absolute atomic E-state index is 6.28. The number of ether oxygens (including phenoxy) is 4. The van der Waals surface area contributed by atoms with Gasteiger partial charge in [0.1, 0.15) is 0 Å². The molecule has 1 aromatic carbocycles. The quantitative estimate of drug-likeness (QED) is 0.568. The van der Waals surface area contributed by atoms with E-state index in [0.717, 1.165) is 57.6 Å². The van der Waals surface area contributed by atoms with Gasteiger partial charge in [-0.25, -0.2) is 4.98 Å². The first-order chi connectivity index (χ1) is 15.2. The molecule has 1 aromatic heterocycles. The van der Waals surface area contributed by atoms with E-state index in [0.29, 0.717) is 25.7 Å². The minimum Gasteiger partial charge on any atom is -0.481 e. The fourth-order valence-corrected chi connectivity index (χ4v) is 4.52. The van der Waals surface area contributed by atoms with Gasteiger partial charge in [0.25, 0.3) is 0 Å². The molecule has 0 amide bonds. The van der Waals surface area contributed by atoms with Crippen molar-refractivity contribution >= 4 is 0 Å². The first-order valence-corrected chi connectivity index (χ1v) is 11.3. The third kappa shape index (κ3) is 6.50. The Morgan fingerprint density at radius 2 is 1.90 bits per heavy atom. The fraction of sp³-hybridized carbons (Fsp3) is 0.560. The highest BCUT2D eigenvalue weighted by atomic mass is 16.5. The van der Waals surface area contributed by atoms with Crippen LogP contribution >= 0.6 is 0 Å². The molecule has 6 nitrogen and oxygen atoms in total. The summed E-state index contributed by atoms with van der Waals surface area (Å²) in [6.07, 6.45) is 4.30. The predicted octanol–water partition coefficient (Wildman–Crippen LogP) is 3.84.